The lowest BCUT2D eigenvalue weighted by atomic mass is 10.3. The molecule has 0 saturated heterocycles. The van der Waals surface area contributed by atoms with E-state index in [0.717, 1.165) is 17.4 Å². The smallest absolute Gasteiger partial charge is 0.126 e. The molecule has 3 atom stereocenters. The van der Waals surface area contributed by atoms with Crippen molar-refractivity contribution in [3.63, 3.8) is 0 Å². The van der Waals surface area contributed by atoms with Gasteiger partial charge in [-0.3, -0.25) is 0 Å². The molecule has 1 nitrogen and oxygen atoms in total. The first-order chi connectivity index (χ1) is 6.66. The first-order valence-electron chi connectivity index (χ1n) is 5.09. The average Bonchev–Trinajstić information content (AvgIpc) is 2.68. The second-order valence-corrected chi connectivity index (χ2v) is 4.78. The Kier molecular flexibility index (Phi) is 2.69. The summed E-state index contributed by atoms with van der Waals surface area (Å²) in [7, 11) is 0. The molecule has 0 amide bonds. The van der Waals surface area contributed by atoms with E-state index in [4.69, 9.17) is 16.0 Å². The topological polar surface area (TPSA) is 13.1 Å². The average molecular weight is 211 g/mol. The Bertz CT molecular complexity index is 338. The number of hydrogen-bond donors (Lipinski definition) is 0. The quantitative estimate of drug-likeness (QED) is 0.687. The van der Waals surface area contributed by atoms with E-state index < -0.39 is 0 Å². The summed E-state index contributed by atoms with van der Waals surface area (Å²) in [5.41, 5.74) is 0. The third-order valence-electron chi connectivity index (χ3n) is 2.65. The maximum Gasteiger partial charge on any atom is 0.126 e. The molecule has 0 bridgehead atoms. The van der Waals surface area contributed by atoms with Crippen molar-refractivity contribution in [2.24, 2.45) is 5.92 Å². The zero-order valence-corrected chi connectivity index (χ0v) is 9.29. The van der Waals surface area contributed by atoms with Gasteiger partial charge in [0.2, 0.25) is 0 Å². The van der Waals surface area contributed by atoms with Crippen LogP contribution in [-0.2, 0) is 0 Å². The molecule has 76 valence electrons. The summed E-state index contributed by atoms with van der Waals surface area (Å²) in [5, 5.41) is 0.0587. The normalized spacial score (nSPS) is 28.2. The largest absolute Gasteiger partial charge is 0.461 e. The summed E-state index contributed by atoms with van der Waals surface area (Å²) < 4.78 is 5.68. The van der Waals surface area contributed by atoms with Gasteiger partial charge in [-0.2, -0.15) is 0 Å². The van der Waals surface area contributed by atoms with Crippen LogP contribution in [0.3, 0.4) is 0 Å². The monoisotopic (exact) mass is 210 g/mol. The van der Waals surface area contributed by atoms with Gasteiger partial charge in [0, 0.05) is 11.3 Å². The molecule has 1 aromatic heterocycles. The molecule has 1 aromatic rings. The summed E-state index contributed by atoms with van der Waals surface area (Å²) in [4.78, 5) is 0. The molecule has 14 heavy (non-hydrogen) atoms. The Labute approximate surface area is 89.8 Å². The number of hydrogen-bond acceptors (Lipinski definition) is 1. The van der Waals surface area contributed by atoms with Gasteiger partial charge in [-0.15, -0.1) is 11.6 Å². The van der Waals surface area contributed by atoms with Crippen LogP contribution in [0.15, 0.2) is 22.6 Å². The second kappa shape index (κ2) is 3.82. The highest BCUT2D eigenvalue weighted by atomic mass is 35.5. The van der Waals surface area contributed by atoms with Crippen LogP contribution in [0.1, 0.15) is 37.7 Å². The van der Waals surface area contributed by atoms with E-state index in [-0.39, 0.29) is 5.38 Å². The Hall–Kier alpha value is -0.690. The van der Waals surface area contributed by atoms with Gasteiger partial charge in [0.05, 0.1) is 0 Å². The summed E-state index contributed by atoms with van der Waals surface area (Å²) in [5.74, 6) is 3.49. The Balaban J connectivity index is 2.03. The van der Waals surface area contributed by atoms with Crippen molar-refractivity contribution in [2.75, 3.05) is 0 Å². The minimum Gasteiger partial charge on any atom is -0.461 e. The summed E-state index contributed by atoms with van der Waals surface area (Å²) in [6.45, 7) is 4.19. The van der Waals surface area contributed by atoms with Crippen LogP contribution in [-0.4, -0.2) is 5.38 Å². The van der Waals surface area contributed by atoms with Crippen LogP contribution >= 0.6 is 11.6 Å². The molecule has 0 radical (unpaired) electrons. The van der Waals surface area contributed by atoms with Crippen LogP contribution in [0.2, 0.25) is 0 Å². The predicted octanol–water partition coefficient (Wildman–Crippen LogP) is 4.04. The molecular weight excluding hydrogens is 196 g/mol. The van der Waals surface area contributed by atoms with Crippen molar-refractivity contribution < 1.29 is 4.42 Å². The molecule has 0 aliphatic heterocycles. The third kappa shape index (κ3) is 2.21. The summed E-state index contributed by atoms with van der Waals surface area (Å²) in [6, 6.07) is 4.09. The minimum absolute atomic E-state index is 0.0587. The van der Waals surface area contributed by atoms with Gasteiger partial charge >= 0.3 is 0 Å². The van der Waals surface area contributed by atoms with Crippen LogP contribution < -0.4 is 0 Å². The van der Waals surface area contributed by atoms with E-state index >= 15 is 0 Å². The zero-order chi connectivity index (χ0) is 10.1. The standard InChI is InChI=1S/C12H15ClO/c1-8-7-11(8)12-6-5-10(14-12)4-3-9(2)13/h3-6,8-9,11H,7H2,1-2H3/b4-3+. The van der Waals surface area contributed by atoms with Crippen LogP contribution in [0.25, 0.3) is 6.08 Å². The van der Waals surface area contributed by atoms with Gasteiger partial charge in [-0.1, -0.05) is 13.0 Å². The van der Waals surface area contributed by atoms with Gasteiger partial charge in [-0.25, -0.2) is 0 Å². The van der Waals surface area contributed by atoms with Gasteiger partial charge < -0.3 is 4.42 Å². The fraction of sp³-hybridized carbons (Fsp3) is 0.500. The predicted molar refractivity (Wildman–Crippen MR) is 59.6 cm³/mol. The Morgan fingerprint density at radius 3 is 2.86 bits per heavy atom. The fourth-order valence-electron chi connectivity index (χ4n) is 1.60. The molecule has 1 aliphatic rings. The van der Waals surface area contributed by atoms with Crippen molar-refractivity contribution in [3.8, 4) is 0 Å². The molecule has 0 aromatic carbocycles. The molecule has 3 unspecified atom stereocenters. The van der Waals surface area contributed by atoms with Gasteiger partial charge in [0.1, 0.15) is 11.5 Å². The fourth-order valence-corrected chi connectivity index (χ4v) is 1.68. The number of alkyl halides is 1. The molecule has 0 N–H and O–H groups in total. The van der Waals surface area contributed by atoms with E-state index in [9.17, 15) is 0 Å². The van der Waals surface area contributed by atoms with Crippen molar-refractivity contribution in [1.29, 1.82) is 0 Å². The Morgan fingerprint density at radius 2 is 2.29 bits per heavy atom. The summed E-state index contributed by atoms with van der Waals surface area (Å²) in [6.07, 6.45) is 5.14. The highest BCUT2D eigenvalue weighted by molar-refractivity contribution is 6.21. The number of furan rings is 1. The highest BCUT2D eigenvalue weighted by Gasteiger charge is 2.36. The van der Waals surface area contributed by atoms with Crippen molar-refractivity contribution in [1.82, 2.24) is 0 Å². The SMILES string of the molecule is CC(Cl)/C=C/c1ccc(C2CC2C)o1. The lowest BCUT2D eigenvalue weighted by Gasteiger charge is -1.91. The van der Waals surface area contributed by atoms with Crippen LogP contribution in [0.4, 0.5) is 0 Å². The van der Waals surface area contributed by atoms with Crippen molar-refractivity contribution in [2.45, 2.75) is 31.6 Å². The number of allylic oxidation sites excluding steroid dienone is 1. The van der Waals surface area contributed by atoms with Gasteiger partial charge in [-0.05, 0) is 37.5 Å². The molecule has 1 aliphatic carbocycles. The number of rotatable bonds is 3. The van der Waals surface area contributed by atoms with E-state index in [0.29, 0.717) is 5.92 Å². The minimum atomic E-state index is 0.0587. The lowest BCUT2D eigenvalue weighted by molar-refractivity contribution is 0.497. The zero-order valence-electron chi connectivity index (χ0n) is 8.53. The van der Waals surface area contributed by atoms with Crippen molar-refractivity contribution in [3.05, 3.63) is 29.7 Å². The van der Waals surface area contributed by atoms with Crippen LogP contribution in [0, 0.1) is 5.92 Å². The van der Waals surface area contributed by atoms with Crippen LogP contribution in [0.5, 0.6) is 0 Å². The Morgan fingerprint density at radius 1 is 1.57 bits per heavy atom. The summed E-state index contributed by atoms with van der Waals surface area (Å²) >= 11 is 5.80. The molecule has 1 heterocycles. The van der Waals surface area contributed by atoms with Gasteiger partial charge in [0.25, 0.3) is 0 Å². The maximum atomic E-state index is 5.80. The van der Waals surface area contributed by atoms with E-state index in [1.807, 2.05) is 25.1 Å². The molecule has 1 fully saturated rings. The third-order valence-corrected chi connectivity index (χ3v) is 2.79. The highest BCUT2D eigenvalue weighted by Crippen LogP contribution is 2.47. The molecular formula is C12H15ClO. The van der Waals surface area contributed by atoms with Crippen molar-refractivity contribution >= 4 is 17.7 Å². The maximum absolute atomic E-state index is 5.80. The number of halogens is 1. The molecule has 1 saturated carbocycles. The van der Waals surface area contributed by atoms with E-state index in [2.05, 4.69) is 13.0 Å². The van der Waals surface area contributed by atoms with E-state index in [1.54, 1.807) is 0 Å². The lowest BCUT2D eigenvalue weighted by Crippen LogP contribution is -1.79. The first kappa shape index (κ1) is 9.85. The van der Waals surface area contributed by atoms with E-state index in [1.165, 1.54) is 6.42 Å². The molecule has 2 rings (SSSR count). The molecule has 2 heteroatoms. The molecule has 0 spiro atoms. The first-order valence-corrected chi connectivity index (χ1v) is 5.52. The second-order valence-electron chi connectivity index (χ2n) is 4.10. The van der Waals surface area contributed by atoms with Gasteiger partial charge in [0.15, 0.2) is 0 Å².